The van der Waals surface area contributed by atoms with Crippen LogP contribution < -0.4 is 5.32 Å². The van der Waals surface area contributed by atoms with Crippen LogP contribution in [0.2, 0.25) is 0 Å². The highest BCUT2D eigenvalue weighted by atomic mass is 79.9. The Hall–Kier alpha value is -2.24. The Morgan fingerprint density at radius 3 is 2.54 bits per heavy atom. The molecule has 0 spiro atoms. The van der Waals surface area contributed by atoms with E-state index in [1.54, 1.807) is 6.08 Å². The molecule has 0 aliphatic heterocycles. The van der Waals surface area contributed by atoms with E-state index in [9.17, 15) is 4.79 Å². The number of amides is 1. The highest BCUT2D eigenvalue weighted by molar-refractivity contribution is 9.10. The van der Waals surface area contributed by atoms with E-state index in [1.807, 2.05) is 61.5 Å². The van der Waals surface area contributed by atoms with Crippen molar-refractivity contribution in [3.05, 3.63) is 75.6 Å². The molecule has 0 bridgehead atoms. The van der Waals surface area contributed by atoms with Gasteiger partial charge in [0.1, 0.15) is 0 Å². The number of benzene rings is 2. The van der Waals surface area contributed by atoms with Gasteiger partial charge in [-0.05, 0) is 30.7 Å². The lowest BCUT2D eigenvalue weighted by Gasteiger charge is -1.98. The number of rotatable bonds is 4. The minimum absolute atomic E-state index is 0.189. The van der Waals surface area contributed by atoms with Crippen LogP contribution in [0.25, 0.3) is 17.3 Å². The summed E-state index contributed by atoms with van der Waals surface area (Å²) < 4.78 is 1.01. The van der Waals surface area contributed by atoms with Crippen LogP contribution in [-0.2, 0) is 4.79 Å². The molecule has 5 heteroatoms. The number of carbonyl (C=O) groups excluding carboxylic acids is 1. The van der Waals surface area contributed by atoms with Gasteiger partial charge >= 0.3 is 0 Å². The first-order chi connectivity index (χ1) is 11.6. The van der Waals surface area contributed by atoms with Crippen LogP contribution in [0.1, 0.15) is 10.4 Å². The first-order valence-corrected chi connectivity index (χ1v) is 9.00. The first kappa shape index (κ1) is 16.6. The van der Waals surface area contributed by atoms with Gasteiger partial charge in [0.15, 0.2) is 5.13 Å². The van der Waals surface area contributed by atoms with E-state index in [0.29, 0.717) is 5.13 Å². The normalized spacial score (nSPS) is 10.9. The van der Waals surface area contributed by atoms with Gasteiger partial charge in [-0.15, -0.1) is 11.3 Å². The van der Waals surface area contributed by atoms with Crippen LogP contribution in [0.3, 0.4) is 0 Å². The summed E-state index contributed by atoms with van der Waals surface area (Å²) in [4.78, 5) is 17.7. The molecule has 24 heavy (non-hydrogen) atoms. The van der Waals surface area contributed by atoms with Crippen molar-refractivity contribution in [3.63, 3.8) is 0 Å². The second-order valence-corrected chi connectivity index (χ2v) is 7.28. The molecule has 3 aromatic rings. The average molecular weight is 399 g/mol. The molecule has 0 atom stereocenters. The number of nitrogens with one attached hydrogen (secondary N) is 1. The molecule has 0 radical (unpaired) electrons. The molecular weight excluding hydrogens is 384 g/mol. The summed E-state index contributed by atoms with van der Waals surface area (Å²) in [6.45, 7) is 2.01. The van der Waals surface area contributed by atoms with Gasteiger partial charge in [0, 0.05) is 21.0 Å². The average Bonchev–Trinajstić information content (AvgIpc) is 2.95. The maximum Gasteiger partial charge on any atom is 0.250 e. The third-order valence-corrected chi connectivity index (χ3v) is 4.79. The Kier molecular flexibility index (Phi) is 5.23. The summed E-state index contributed by atoms with van der Waals surface area (Å²) in [5.74, 6) is -0.189. The lowest BCUT2D eigenvalue weighted by Crippen LogP contribution is -2.07. The van der Waals surface area contributed by atoms with E-state index in [2.05, 4.69) is 26.2 Å². The Bertz CT molecular complexity index is 870. The number of aromatic nitrogens is 1. The van der Waals surface area contributed by atoms with Crippen LogP contribution >= 0.6 is 27.3 Å². The van der Waals surface area contributed by atoms with Gasteiger partial charge in [-0.1, -0.05) is 58.4 Å². The molecule has 3 rings (SSSR count). The highest BCUT2D eigenvalue weighted by Gasteiger charge is 2.10. The van der Waals surface area contributed by atoms with Crippen molar-refractivity contribution >= 4 is 44.4 Å². The number of halogens is 1. The van der Waals surface area contributed by atoms with E-state index in [0.717, 1.165) is 26.2 Å². The summed E-state index contributed by atoms with van der Waals surface area (Å²) in [6.07, 6.45) is 3.29. The van der Waals surface area contributed by atoms with Crippen molar-refractivity contribution in [2.45, 2.75) is 6.92 Å². The van der Waals surface area contributed by atoms with E-state index in [-0.39, 0.29) is 5.91 Å². The topological polar surface area (TPSA) is 42.0 Å². The molecule has 3 nitrogen and oxygen atoms in total. The van der Waals surface area contributed by atoms with E-state index < -0.39 is 0 Å². The lowest BCUT2D eigenvalue weighted by atomic mass is 10.1. The molecule has 0 fully saturated rings. The standard InChI is InChI=1S/C19H15BrN2OS/c1-13-18(15-5-3-2-4-6-15)22-19(24-13)21-17(23)12-9-14-7-10-16(20)11-8-14/h2-12H,1H3,(H,21,22,23). The molecule has 1 amide bonds. The number of carbonyl (C=O) groups is 1. The zero-order valence-electron chi connectivity index (χ0n) is 13.0. The van der Waals surface area contributed by atoms with Crippen LogP contribution in [-0.4, -0.2) is 10.9 Å². The molecule has 120 valence electrons. The molecule has 1 aromatic heterocycles. The third-order valence-electron chi connectivity index (χ3n) is 3.37. The molecule has 0 aliphatic carbocycles. The minimum Gasteiger partial charge on any atom is -0.298 e. The van der Waals surface area contributed by atoms with Crippen molar-refractivity contribution in [3.8, 4) is 11.3 Å². The fraction of sp³-hybridized carbons (Fsp3) is 0.0526. The van der Waals surface area contributed by atoms with Crippen molar-refractivity contribution in [2.24, 2.45) is 0 Å². The monoisotopic (exact) mass is 398 g/mol. The fourth-order valence-corrected chi connectivity index (χ4v) is 3.31. The van der Waals surface area contributed by atoms with Gasteiger partial charge in [0.05, 0.1) is 5.69 Å². The van der Waals surface area contributed by atoms with Gasteiger partial charge in [-0.3, -0.25) is 10.1 Å². The largest absolute Gasteiger partial charge is 0.298 e. The van der Waals surface area contributed by atoms with Crippen LogP contribution in [0.5, 0.6) is 0 Å². The maximum absolute atomic E-state index is 12.1. The Morgan fingerprint density at radius 2 is 1.83 bits per heavy atom. The SMILES string of the molecule is Cc1sc(NC(=O)C=Cc2ccc(Br)cc2)nc1-c1ccccc1. The maximum atomic E-state index is 12.1. The number of aryl methyl sites for hydroxylation is 1. The van der Waals surface area contributed by atoms with E-state index >= 15 is 0 Å². The molecule has 1 heterocycles. The lowest BCUT2D eigenvalue weighted by molar-refractivity contribution is -0.111. The van der Waals surface area contributed by atoms with Crippen molar-refractivity contribution in [1.82, 2.24) is 4.98 Å². The second-order valence-electron chi connectivity index (χ2n) is 5.16. The summed E-state index contributed by atoms with van der Waals surface area (Å²) in [7, 11) is 0. The number of anilines is 1. The van der Waals surface area contributed by atoms with Gasteiger partial charge < -0.3 is 0 Å². The third kappa shape index (κ3) is 4.19. The number of thiazole rings is 1. The molecule has 2 aromatic carbocycles. The van der Waals surface area contributed by atoms with Gasteiger partial charge in [0.25, 0.3) is 0 Å². The van der Waals surface area contributed by atoms with Crippen LogP contribution in [0.4, 0.5) is 5.13 Å². The predicted octanol–water partition coefficient (Wildman–Crippen LogP) is 5.53. The van der Waals surface area contributed by atoms with Crippen molar-refractivity contribution in [2.75, 3.05) is 5.32 Å². The zero-order valence-corrected chi connectivity index (χ0v) is 15.4. The Balaban J connectivity index is 1.70. The Morgan fingerprint density at radius 1 is 1.12 bits per heavy atom. The van der Waals surface area contributed by atoms with Crippen molar-refractivity contribution < 1.29 is 4.79 Å². The van der Waals surface area contributed by atoms with E-state index in [4.69, 9.17) is 0 Å². The molecular formula is C19H15BrN2OS. The second kappa shape index (κ2) is 7.55. The fourth-order valence-electron chi connectivity index (χ4n) is 2.21. The molecule has 0 saturated heterocycles. The molecule has 0 unspecified atom stereocenters. The van der Waals surface area contributed by atoms with Gasteiger partial charge in [-0.25, -0.2) is 4.98 Å². The first-order valence-electron chi connectivity index (χ1n) is 7.39. The summed E-state index contributed by atoms with van der Waals surface area (Å²) in [6, 6.07) is 17.7. The van der Waals surface area contributed by atoms with Gasteiger partial charge in [0.2, 0.25) is 5.91 Å². The van der Waals surface area contributed by atoms with Crippen LogP contribution in [0, 0.1) is 6.92 Å². The number of hydrogen-bond acceptors (Lipinski definition) is 3. The summed E-state index contributed by atoms with van der Waals surface area (Å²) in [5.41, 5.74) is 2.93. The zero-order chi connectivity index (χ0) is 16.9. The highest BCUT2D eigenvalue weighted by Crippen LogP contribution is 2.30. The number of nitrogens with zero attached hydrogens (tertiary/aromatic N) is 1. The smallest absolute Gasteiger partial charge is 0.250 e. The predicted molar refractivity (Wildman–Crippen MR) is 104 cm³/mol. The van der Waals surface area contributed by atoms with Gasteiger partial charge in [-0.2, -0.15) is 0 Å². The Labute approximate surface area is 153 Å². The quantitative estimate of drug-likeness (QED) is 0.586. The van der Waals surface area contributed by atoms with Crippen LogP contribution in [0.15, 0.2) is 65.1 Å². The minimum atomic E-state index is -0.189. The van der Waals surface area contributed by atoms with Crippen molar-refractivity contribution in [1.29, 1.82) is 0 Å². The number of hydrogen-bond donors (Lipinski definition) is 1. The molecule has 0 saturated carbocycles. The van der Waals surface area contributed by atoms with E-state index in [1.165, 1.54) is 17.4 Å². The summed E-state index contributed by atoms with van der Waals surface area (Å²) >= 11 is 4.87. The molecule has 0 aliphatic rings. The molecule has 1 N–H and O–H groups in total. The summed E-state index contributed by atoms with van der Waals surface area (Å²) in [5, 5.41) is 3.44.